The molecule has 1 unspecified atom stereocenters. The minimum atomic E-state index is -0.346. The third-order valence-electron chi connectivity index (χ3n) is 1.96. The Morgan fingerprint density at radius 3 is 2.85 bits per heavy atom. The zero-order chi connectivity index (χ0) is 9.84. The largest absolute Gasteiger partial charge is 0.398 e. The van der Waals surface area contributed by atoms with Crippen LogP contribution in [-0.4, -0.2) is 17.8 Å². The fourth-order valence-corrected chi connectivity index (χ4v) is 1.10. The van der Waals surface area contributed by atoms with Gasteiger partial charge in [0, 0.05) is 17.9 Å². The summed E-state index contributed by atoms with van der Waals surface area (Å²) in [6.45, 7) is 4.25. The molecule has 0 radical (unpaired) electrons. The van der Waals surface area contributed by atoms with E-state index in [0.717, 1.165) is 16.9 Å². The fraction of sp³-hybridized carbons (Fsp3) is 0.400. The summed E-state index contributed by atoms with van der Waals surface area (Å²) in [5, 5.41) is 12.2. The Hall–Kier alpha value is -1.22. The second-order valence-electron chi connectivity index (χ2n) is 3.25. The van der Waals surface area contributed by atoms with Crippen LogP contribution in [0.25, 0.3) is 0 Å². The second-order valence-corrected chi connectivity index (χ2v) is 3.25. The van der Waals surface area contributed by atoms with E-state index >= 15 is 0 Å². The van der Waals surface area contributed by atoms with E-state index < -0.39 is 0 Å². The third-order valence-corrected chi connectivity index (χ3v) is 1.96. The molecule has 1 aromatic carbocycles. The van der Waals surface area contributed by atoms with Crippen molar-refractivity contribution in [2.24, 2.45) is 0 Å². The molecule has 0 saturated heterocycles. The molecule has 4 N–H and O–H groups in total. The van der Waals surface area contributed by atoms with E-state index in [1.165, 1.54) is 0 Å². The van der Waals surface area contributed by atoms with Gasteiger partial charge in [-0.05, 0) is 31.5 Å². The summed E-state index contributed by atoms with van der Waals surface area (Å²) in [5.74, 6) is 0. The van der Waals surface area contributed by atoms with Crippen molar-refractivity contribution in [2.45, 2.75) is 20.0 Å². The average molecular weight is 180 g/mol. The predicted molar refractivity (Wildman–Crippen MR) is 55.8 cm³/mol. The quantitative estimate of drug-likeness (QED) is 0.616. The van der Waals surface area contributed by atoms with Crippen LogP contribution in [0.1, 0.15) is 12.5 Å². The number of aliphatic hydroxyl groups is 1. The maximum Gasteiger partial charge on any atom is 0.0684 e. The van der Waals surface area contributed by atoms with E-state index in [-0.39, 0.29) is 6.10 Å². The average Bonchev–Trinajstić information content (AvgIpc) is 2.07. The van der Waals surface area contributed by atoms with Crippen molar-refractivity contribution < 1.29 is 5.11 Å². The van der Waals surface area contributed by atoms with Crippen LogP contribution in [0.5, 0.6) is 0 Å². The molecule has 0 heterocycles. The highest BCUT2D eigenvalue weighted by Crippen LogP contribution is 2.19. The summed E-state index contributed by atoms with van der Waals surface area (Å²) in [7, 11) is 0. The summed E-state index contributed by atoms with van der Waals surface area (Å²) in [4.78, 5) is 0. The van der Waals surface area contributed by atoms with Gasteiger partial charge in [0.25, 0.3) is 0 Å². The van der Waals surface area contributed by atoms with Crippen molar-refractivity contribution in [2.75, 3.05) is 17.6 Å². The number of anilines is 2. The van der Waals surface area contributed by atoms with Gasteiger partial charge in [-0.3, -0.25) is 0 Å². The van der Waals surface area contributed by atoms with Gasteiger partial charge in [-0.1, -0.05) is 6.07 Å². The minimum absolute atomic E-state index is 0.346. The summed E-state index contributed by atoms with van der Waals surface area (Å²) in [5.41, 5.74) is 8.52. The Labute approximate surface area is 78.6 Å². The van der Waals surface area contributed by atoms with Gasteiger partial charge in [0.1, 0.15) is 0 Å². The highest BCUT2D eigenvalue weighted by Gasteiger charge is 2.01. The Balaban J connectivity index is 2.71. The van der Waals surface area contributed by atoms with Crippen molar-refractivity contribution >= 4 is 11.4 Å². The van der Waals surface area contributed by atoms with Crippen LogP contribution >= 0.6 is 0 Å². The van der Waals surface area contributed by atoms with Gasteiger partial charge in [0.2, 0.25) is 0 Å². The first kappa shape index (κ1) is 9.86. The maximum absolute atomic E-state index is 9.08. The van der Waals surface area contributed by atoms with Crippen molar-refractivity contribution in [1.82, 2.24) is 0 Å². The van der Waals surface area contributed by atoms with Gasteiger partial charge in [0.15, 0.2) is 0 Å². The van der Waals surface area contributed by atoms with Crippen LogP contribution < -0.4 is 11.1 Å². The van der Waals surface area contributed by atoms with E-state index in [1.54, 1.807) is 6.92 Å². The van der Waals surface area contributed by atoms with Gasteiger partial charge in [-0.15, -0.1) is 0 Å². The Bertz CT molecular complexity index is 284. The molecule has 0 aliphatic heterocycles. The summed E-state index contributed by atoms with van der Waals surface area (Å²) >= 11 is 0. The standard InChI is InChI=1S/C10H16N2O/c1-7(13)6-12-10-5-3-4-9(11)8(10)2/h3-5,7,12-13H,6,11H2,1-2H3. The minimum Gasteiger partial charge on any atom is -0.398 e. The Morgan fingerprint density at radius 1 is 1.54 bits per heavy atom. The molecule has 1 aromatic rings. The first-order valence-corrected chi connectivity index (χ1v) is 4.38. The zero-order valence-corrected chi connectivity index (χ0v) is 8.04. The molecule has 1 rings (SSSR count). The van der Waals surface area contributed by atoms with Crippen molar-refractivity contribution in [3.8, 4) is 0 Å². The topological polar surface area (TPSA) is 58.3 Å². The van der Waals surface area contributed by atoms with Gasteiger partial charge < -0.3 is 16.2 Å². The summed E-state index contributed by atoms with van der Waals surface area (Å²) in [6.07, 6.45) is -0.346. The molecule has 0 aliphatic carbocycles. The van der Waals surface area contributed by atoms with Gasteiger partial charge in [-0.25, -0.2) is 0 Å². The Kier molecular flexibility index (Phi) is 3.14. The highest BCUT2D eigenvalue weighted by molar-refractivity contribution is 5.62. The summed E-state index contributed by atoms with van der Waals surface area (Å²) < 4.78 is 0. The molecule has 72 valence electrons. The lowest BCUT2D eigenvalue weighted by Crippen LogP contribution is -2.16. The number of nitrogen functional groups attached to an aromatic ring is 1. The number of hydrogen-bond acceptors (Lipinski definition) is 3. The van der Waals surface area contributed by atoms with Crippen LogP contribution in [-0.2, 0) is 0 Å². The lowest BCUT2D eigenvalue weighted by atomic mass is 10.1. The molecule has 1 atom stereocenters. The monoisotopic (exact) mass is 180 g/mol. The lowest BCUT2D eigenvalue weighted by molar-refractivity contribution is 0.208. The molecule has 0 spiro atoms. The van der Waals surface area contributed by atoms with Gasteiger partial charge >= 0.3 is 0 Å². The van der Waals surface area contributed by atoms with Crippen LogP contribution in [0.4, 0.5) is 11.4 Å². The smallest absolute Gasteiger partial charge is 0.0684 e. The Morgan fingerprint density at radius 2 is 2.23 bits per heavy atom. The maximum atomic E-state index is 9.08. The third kappa shape index (κ3) is 2.63. The van der Waals surface area contributed by atoms with Crippen molar-refractivity contribution in [3.05, 3.63) is 23.8 Å². The SMILES string of the molecule is Cc1c(N)cccc1NCC(C)O. The molecule has 3 nitrogen and oxygen atoms in total. The highest BCUT2D eigenvalue weighted by atomic mass is 16.3. The van der Waals surface area contributed by atoms with Crippen LogP contribution in [0.2, 0.25) is 0 Å². The molecule has 0 amide bonds. The number of hydrogen-bond donors (Lipinski definition) is 3. The number of rotatable bonds is 3. The van der Waals surface area contributed by atoms with Gasteiger partial charge in [0.05, 0.1) is 6.10 Å². The molecule has 0 fully saturated rings. The fourth-order valence-electron chi connectivity index (χ4n) is 1.10. The second kappa shape index (κ2) is 4.14. The molecular formula is C10H16N2O. The van der Waals surface area contributed by atoms with Crippen LogP contribution in [0, 0.1) is 6.92 Å². The summed E-state index contributed by atoms with van der Waals surface area (Å²) in [6, 6.07) is 5.71. The first-order chi connectivity index (χ1) is 6.11. The normalized spacial score (nSPS) is 12.5. The van der Waals surface area contributed by atoms with E-state index in [4.69, 9.17) is 10.8 Å². The molecule has 0 bridgehead atoms. The number of aliphatic hydroxyl groups excluding tert-OH is 1. The van der Waals surface area contributed by atoms with Crippen LogP contribution in [0.15, 0.2) is 18.2 Å². The number of benzene rings is 1. The van der Waals surface area contributed by atoms with E-state index in [0.29, 0.717) is 6.54 Å². The van der Waals surface area contributed by atoms with E-state index in [9.17, 15) is 0 Å². The van der Waals surface area contributed by atoms with E-state index in [1.807, 2.05) is 25.1 Å². The number of nitrogens with one attached hydrogen (secondary N) is 1. The predicted octanol–water partition coefficient (Wildman–Crippen LogP) is 1.37. The molecule has 0 aromatic heterocycles. The molecule has 0 aliphatic rings. The van der Waals surface area contributed by atoms with Crippen LogP contribution in [0.3, 0.4) is 0 Å². The zero-order valence-electron chi connectivity index (χ0n) is 8.04. The molecule has 13 heavy (non-hydrogen) atoms. The first-order valence-electron chi connectivity index (χ1n) is 4.38. The lowest BCUT2D eigenvalue weighted by Gasteiger charge is -2.12. The van der Waals surface area contributed by atoms with Gasteiger partial charge in [-0.2, -0.15) is 0 Å². The van der Waals surface area contributed by atoms with E-state index in [2.05, 4.69) is 5.32 Å². The van der Waals surface area contributed by atoms with Crippen molar-refractivity contribution in [3.63, 3.8) is 0 Å². The van der Waals surface area contributed by atoms with Crippen molar-refractivity contribution in [1.29, 1.82) is 0 Å². The number of nitrogens with two attached hydrogens (primary N) is 1. The molecule has 0 saturated carbocycles. The molecule has 3 heteroatoms. The molecular weight excluding hydrogens is 164 g/mol.